The Morgan fingerprint density at radius 3 is 1.75 bits per heavy atom. The Kier molecular flexibility index (Phi) is 7.07. The fraction of sp³-hybridized carbons (Fsp3) is 0.286. The molecule has 1 nitrogen and oxygen atoms in total. The van der Waals surface area contributed by atoms with Crippen LogP contribution in [0.15, 0.2) is 42.5 Å². The van der Waals surface area contributed by atoms with Gasteiger partial charge >= 0.3 is 0 Å². The molecule has 2 aromatic carbocycles. The third kappa shape index (κ3) is 4.36. The van der Waals surface area contributed by atoms with Crippen LogP contribution in [0.3, 0.4) is 0 Å². The molecule has 1 atom stereocenters. The second-order valence-corrected chi connectivity index (χ2v) is 3.85. The van der Waals surface area contributed by atoms with Crippen molar-refractivity contribution in [2.24, 2.45) is 5.73 Å². The van der Waals surface area contributed by atoms with Crippen LogP contribution in [0.2, 0.25) is 0 Å². The van der Waals surface area contributed by atoms with E-state index in [0.29, 0.717) is 0 Å². The summed E-state index contributed by atoms with van der Waals surface area (Å²) in [6.07, 6.45) is 0. The van der Waals surface area contributed by atoms with E-state index in [1.165, 1.54) is 16.7 Å². The molecule has 94 valence electrons. The van der Waals surface area contributed by atoms with Gasteiger partial charge in [-0.15, -0.1) is 5.56 Å². The number of hydrogen-bond donors (Lipinski definition) is 1. The summed E-state index contributed by atoms with van der Waals surface area (Å²) in [6, 6.07) is 14.4. The van der Waals surface area contributed by atoms with E-state index in [-0.39, 0.29) is 23.1 Å². The van der Waals surface area contributed by atoms with Crippen LogP contribution < -0.4 is 5.73 Å². The predicted octanol–water partition coefficient (Wildman–Crippen LogP) is 3.45. The number of rotatable bonds is 1. The summed E-state index contributed by atoms with van der Waals surface area (Å²) >= 11 is 0. The van der Waals surface area contributed by atoms with Gasteiger partial charge in [0.15, 0.2) is 0 Å². The minimum absolute atomic E-state index is 0. The summed E-state index contributed by atoms with van der Waals surface area (Å²) in [5.41, 5.74) is 9.69. The first kappa shape index (κ1) is 15.2. The fourth-order valence-corrected chi connectivity index (χ4v) is 1.51. The first-order valence-corrected chi connectivity index (χ1v) is 5.28. The van der Waals surface area contributed by atoms with Gasteiger partial charge in [-0.25, -0.2) is 6.07 Å². The first-order chi connectivity index (χ1) is 7.13. The van der Waals surface area contributed by atoms with Gasteiger partial charge in [0.2, 0.25) is 0 Å². The molecule has 0 bridgehead atoms. The van der Waals surface area contributed by atoms with E-state index in [9.17, 15) is 0 Å². The maximum Gasteiger partial charge on any atom is 0 e. The Morgan fingerprint density at radius 2 is 1.56 bits per heavy atom. The molecule has 0 aliphatic rings. The van der Waals surface area contributed by atoms with Crippen LogP contribution in [0.25, 0.3) is 0 Å². The molecule has 0 fully saturated rings. The van der Waals surface area contributed by atoms with Crippen molar-refractivity contribution in [2.75, 3.05) is 0 Å². The van der Waals surface area contributed by atoms with Gasteiger partial charge < -0.3 is 36.1 Å². The Balaban J connectivity index is 0.000000318. The third-order valence-corrected chi connectivity index (χ3v) is 2.58. The average molecular weight is 257 g/mol. The molecule has 0 saturated carbocycles. The number of aryl methyl sites for hydroxylation is 1. The zero-order chi connectivity index (χ0) is 11.3. The van der Waals surface area contributed by atoms with Gasteiger partial charge in [0, 0.05) is 17.1 Å². The van der Waals surface area contributed by atoms with Gasteiger partial charge in [-0.3, -0.25) is 0 Å². The monoisotopic (exact) mass is 257 g/mol. The van der Waals surface area contributed by atoms with Crippen molar-refractivity contribution in [1.82, 2.24) is 0 Å². The molecule has 2 N–H and O–H groups in total. The van der Waals surface area contributed by atoms with Gasteiger partial charge in [0.05, 0.1) is 0 Å². The van der Waals surface area contributed by atoms with E-state index in [2.05, 4.69) is 26.0 Å². The van der Waals surface area contributed by atoms with Crippen LogP contribution in [0.1, 0.15) is 29.7 Å². The largest absolute Gasteiger partial charge is 0.748 e. The number of nitrogens with two attached hydrogens (primary N) is 1. The van der Waals surface area contributed by atoms with E-state index in [0.717, 1.165) is 0 Å². The molecule has 0 radical (unpaired) electrons. The molecular weight excluding hydrogens is 238 g/mol. The van der Waals surface area contributed by atoms with Crippen LogP contribution >= 0.6 is 0 Å². The molecule has 1 unspecified atom stereocenters. The van der Waals surface area contributed by atoms with Gasteiger partial charge in [-0.1, -0.05) is 20.8 Å². The van der Waals surface area contributed by atoms with Crippen molar-refractivity contribution >= 4 is 0 Å². The Bertz CT molecular complexity index is 354. The van der Waals surface area contributed by atoms with Crippen molar-refractivity contribution in [2.45, 2.75) is 26.8 Å². The normalized spacial score (nSPS) is 11.0. The van der Waals surface area contributed by atoms with E-state index in [1.807, 2.05) is 37.3 Å². The molecule has 2 heteroatoms. The SMILES string of the molecule is Cc1cc[c-](C(C)N)c1C.[Fe].[cH-]1[cH-][cH-][cH-][cH-]1. The molecule has 0 aliphatic carbocycles. The van der Waals surface area contributed by atoms with Gasteiger partial charge in [0.1, 0.15) is 0 Å². The zero-order valence-corrected chi connectivity index (χ0v) is 11.2. The molecule has 0 amide bonds. The minimum atomic E-state index is 0. The van der Waals surface area contributed by atoms with Crippen molar-refractivity contribution in [1.29, 1.82) is 0 Å². The molecule has 2 rings (SSSR count). The maximum atomic E-state index is 5.73. The molecule has 0 saturated heterocycles. The van der Waals surface area contributed by atoms with Crippen LogP contribution in [-0.2, 0) is 17.1 Å². The third-order valence-electron chi connectivity index (χ3n) is 2.58. The fourth-order valence-electron chi connectivity index (χ4n) is 1.51. The standard InChI is InChI=1S/C9H14N.C5H5.Fe/c1-6-4-5-9(7(6)2)8(3)10;1-2-4-5-3-1;/h4-5,8H,10H2,1-3H3;1-5H;/q-1;-5;. The van der Waals surface area contributed by atoms with E-state index in [1.54, 1.807) is 0 Å². The van der Waals surface area contributed by atoms with Crippen molar-refractivity contribution in [3.8, 4) is 0 Å². The second-order valence-electron chi connectivity index (χ2n) is 3.85. The van der Waals surface area contributed by atoms with Gasteiger partial charge in [-0.2, -0.15) is 17.2 Å². The summed E-state index contributed by atoms with van der Waals surface area (Å²) in [4.78, 5) is 0. The minimum Gasteiger partial charge on any atom is -0.748 e. The molecule has 2 aromatic rings. The Labute approximate surface area is 109 Å². The summed E-state index contributed by atoms with van der Waals surface area (Å²) in [6.45, 7) is 6.25. The van der Waals surface area contributed by atoms with E-state index < -0.39 is 0 Å². The maximum absolute atomic E-state index is 5.73. The molecule has 0 heterocycles. The van der Waals surface area contributed by atoms with Crippen molar-refractivity contribution in [3.63, 3.8) is 0 Å². The van der Waals surface area contributed by atoms with Crippen LogP contribution in [-0.4, -0.2) is 0 Å². The quantitative estimate of drug-likeness (QED) is 0.614. The molecule has 0 spiro atoms. The molecular formula is C14H19FeN-6. The van der Waals surface area contributed by atoms with Gasteiger partial charge in [-0.05, 0) is 6.04 Å². The van der Waals surface area contributed by atoms with Crippen molar-refractivity contribution in [3.05, 3.63) is 59.2 Å². The number of hydrogen-bond acceptors (Lipinski definition) is 1. The predicted molar refractivity (Wildman–Crippen MR) is 66.1 cm³/mol. The smallest absolute Gasteiger partial charge is 0 e. The van der Waals surface area contributed by atoms with Gasteiger partial charge in [0.25, 0.3) is 0 Å². The van der Waals surface area contributed by atoms with Crippen LogP contribution in [0, 0.1) is 13.8 Å². The first-order valence-electron chi connectivity index (χ1n) is 5.28. The summed E-state index contributed by atoms with van der Waals surface area (Å²) in [5.74, 6) is 0. The summed E-state index contributed by atoms with van der Waals surface area (Å²) in [5, 5.41) is 0. The van der Waals surface area contributed by atoms with E-state index in [4.69, 9.17) is 5.73 Å². The van der Waals surface area contributed by atoms with E-state index >= 15 is 0 Å². The summed E-state index contributed by atoms with van der Waals surface area (Å²) < 4.78 is 0. The van der Waals surface area contributed by atoms with Crippen LogP contribution in [0.4, 0.5) is 0 Å². The zero-order valence-electron chi connectivity index (χ0n) is 10.0. The van der Waals surface area contributed by atoms with Crippen molar-refractivity contribution < 1.29 is 17.1 Å². The Morgan fingerprint density at radius 1 is 1.12 bits per heavy atom. The second kappa shape index (κ2) is 7.45. The topological polar surface area (TPSA) is 26.0 Å². The molecule has 0 aromatic heterocycles. The molecule has 16 heavy (non-hydrogen) atoms. The van der Waals surface area contributed by atoms with Crippen LogP contribution in [0.5, 0.6) is 0 Å². The average Bonchev–Trinajstić information content (AvgIpc) is 2.81. The molecule has 0 aliphatic heterocycles. The summed E-state index contributed by atoms with van der Waals surface area (Å²) in [7, 11) is 0. The Hall–Kier alpha value is -0.821.